The molecule has 2 aliphatic rings. The summed E-state index contributed by atoms with van der Waals surface area (Å²) in [6.07, 6.45) is 7.65. The lowest BCUT2D eigenvalue weighted by molar-refractivity contribution is 0.00985. The SMILES string of the molecule is CC/C(F)=C\C(=C(/C)c1ncccn1)C(O)N1CC2CC(Nc3ccc(Cl)cn3)C1C2. The van der Waals surface area contributed by atoms with Crippen molar-refractivity contribution in [3.05, 3.63) is 65.1 Å². The van der Waals surface area contributed by atoms with E-state index >= 15 is 0 Å². The van der Waals surface area contributed by atoms with E-state index in [0.717, 1.165) is 25.2 Å². The van der Waals surface area contributed by atoms with Gasteiger partial charge in [-0.05, 0) is 56.4 Å². The fourth-order valence-corrected chi connectivity index (χ4v) is 4.71. The lowest BCUT2D eigenvalue weighted by Crippen LogP contribution is -2.50. The summed E-state index contributed by atoms with van der Waals surface area (Å²) in [5, 5.41) is 15.4. The first kappa shape index (κ1) is 21.9. The van der Waals surface area contributed by atoms with Gasteiger partial charge in [-0.1, -0.05) is 18.5 Å². The summed E-state index contributed by atoms with van der Waals surface area (Å²) < 4.78 is 14.3. The minimum Gasteiger partial charge on any atom is -0.374 e. The van der Waals surface area contributed by atoms with Crippen LogP contribution in [0.2, 0.25) is 5.02 Å². The van der Waals surface area contributed by atoms with Gasteiger partial charge in [0.1, 0.15) is 17.9 Å². The minimum atomic E-state index is -0.945. The molecular formula is C23H27ClFN5O. The number of nitrogens with zero attached hydrogens (tertiary/aromatic N) is 4. The van der Waals surface area contributed by atoms with Gasteiger partial charge in [-0.3, -0.25) is 4.90 Å². The van der Waals surface area contributed by atoms with Crippen molar-refractivity contribution in [2.24, 2.45) is 5.92 Å². The van der Waals surface area contributed by atoms with Crippen LogP contribution in [0.1, 0.15) is 38.9 Å². The summed E-state index contributed by atoms with van der Waals surface area (Å²) in [6.45, 7) is 4.35. The summed E-state index contributed by atoms with van der Waals surface area (Å²) in [7, 11) is 0. The Morgan fingerprint density at radius 1 is 1.32 bits per heavy atom. The van der Waals surface area contributed by atoms with Gasteiger partial charge < -0.3 is 10.4 Å². The van der Waals surface area contributed by atoms with Gasteiger partial charge in [0, 0.05) is 48.4 Å². The maximum absolute atomic E-state index is 14.3. The van der Waals surface area contributed by atoms with Crippen LogP contribution in [0.15, 0.2) is 54.3 Å². The first-order valence-corrected chi connectivity index (χ1v) is 11.0. The Balaban J connectivity index is 1.60. The van der Waals surface area contributed by atoms with Crippen LogP contribution in [-0.2, 0) is 0 Å². The molecule has 2 bridgehead atoms. The second kappa shape index (κ2) is 9.42. The number of fused-ring (bicyclic) bond motifs is 2. The number of aliphatic hydroxyl groups is 1. The number of allylic oxidation sites excluding steroid dienone is 2. The molecule has 1 aliphatic heterocycles. The number of aliphatic hydroxyl groups excluding tert-OH is 1. The summed E-state index contributed by atoms with van der Waals surface area (Å²) in [5.41, 5.74) is 1.17. The monoisotopic (exact) mass is 443 g/mol. The number of piperidine rings is 1. The Bertz CT molecular complexity index is 966. The Labute approximate surface area is 186 Å². The topological polar surface area (TPSA) is 74.2 Å². The summed E-state index contributed by atoms with van der Waals surface area (Å²) in [6, 6.07) is 5.66. The highest BCUT2D eigenvalue weighted by atomic mass is 35.5. The van der Waals surface area contributed by atoms with Gasteiger partial charge in [0.25, 0.3) is 0 Å². The second-order valence-electron chi connectivity index (χ2n) is 8.19. The molecule has 0 radical (unpaired) electrons. The Morgan fingerprint density at radius 3 is 2.74 bits per heavy atom. The Hall–Kier alpha value is -2.35. The molecule has 0 spiro atoms. The van der Waals surface area contributed by atoms with Gasteiger partial charge in [-0.2, -0.15) is 0 Å². The molecule has 2 N–H and O–H groups in total. The van der Waals surface area contributed by atoms with Crippen molar-refractivity contribution in [2.45, 2.75) is 51.4 Å². The van der Waals surface area contributed by atoms with Crippen LogP contribution in [0, 0.1) is 5.92 Å². The largest absolute Gasteiger partial charge is 0.374 e. The van der Waals surface area contributed by atoms with E-state index in [4.69, 9.17) is 11.6 Å². The first-order chi connectivity index (χ1) is 15.0. The molecule has 4 unspecified atom stereocenters. The highest BCUT2D eigenvalue weighted by molar-refractivity contribution is 6.30. The van der Waals surface area contributed by atoms with Crippen LogP contribution in [0.3, 0.4) is 0 Å². The Kier molecular flexibility index (Phi) is 6.65. The molecule has 1 aliphatic carbocycles. The first-order valence-electron chi connectivity index (χ1n) is 10.6. The van der Waals surface area contributed by atoms with Crippen LogP contribution in [0.4, 0.5) is 10.2 Å². The number of pyridine rings is 1. The summed E-state index contributed by atoms with van der Waals surface area (Å²) >= 11 is 5.94. The molecule has 164 valence electrons. The van der Waals surface area contributed by atoms with Gasteiger partial charge in [0.15, 0.2) is 5.82 Å². The quantitative estimate of drug-likeness (QED) is 0.615. The average Bonchev–Trinajstić information content (AvgIpc) is 3.39. The standard InChI is InChI=1S/C23H27ClFN5O/c1-3-17(25)11-18(14(2)22-26-7-4-8-27-22)23(31)30-13-15-9-19(20(30)10-15)29-21-6-5-16(24)12-28-21/h4-8,11-12,15,19-20,23,31H,3,9-10,13H2,1-2H3,(H,28,29)/b17-11+,18-14-. The van der Waals surface area contributed by atoms with Crippen molar-refractivity contribution in [1.82, 2.24) is 19.9 Å². The normalized spacial score (nSPS) is 25.5. The predicted octanol–water partition coefficient (Wildman–Crippen LogP) is 4.46. The van der Waals surface area contributed by atoms with Crippen molar-refractivity contribution < 1.29 is 9.50 Å². The summed E-state index contributed by atoms with van der Waals surface area (Å²) in [5.74, 6) is 1.44. The molecule has 0 amide bonds. The van der Waals surface area contributed by atoms with E-state index in [9.17, 15) is 9.50 Å². The number of aromatic nitrogens is 3. The molecule has 2 fully saturated rings. The van der Waals surface area contributed by atoms with E-state index in [1.54, 1.807) is 37.6 Å². The van der Waals surface area contributed by atoms with E-state index < -0.39 is 6.23 Å². The van der Waals surface area contributed by atoms with Gasteiger partial charge in [0.2, 0.25) is 0 Å². The molecule has 4 atom stereocenters. The van der Waals surface area contributed by atoms with E-state index in [1.807, 2.05) is 13.0 Å². The smallest absolute Gasteiger partial charge is 0.155 e. The van der Waals surface area contributed by atoms with Gasteiger partial charge in [-0.25, -0.2) is 19.3 Å². The van der Waals surface area contributed by atoms with Crippen molar-refractivity contribution >= 4 is 23.0 Å². The lowest BCUT2D eigenvalue weighted by Gasteiger charge is -2.37. The maximum atomic E-state index is 14.3. The lowest BCUT2D eigenvalue weighted by atomic mass is 10.0. The Morgan fingerprint density at radius 2 is 2.10 bits per heavy atom. The van der Waals surface area contributed by atoms with E-state index in [-0.39, 0.29) is 24.3 Å². The predicted molar refractivity (Wildman–Crippen MR) is 120 cm³/mol. The van der Waals surface area contributed by atoms with Crippen molar-refractivity contribution in [3.63, 3.8) is 0 Å². The van der Waals surface area contributed by atoms with Crippen molar-refractivity contribution in [1.29, 1.82) is 0 Å². The second-order valence-corrected chi connectivity index (χ2v) is 8.62. The summed E-state index contributed by atoms with van der Waals surface area (Å²) in [4.78, 5) is 15.0. The van der Waals surface area contributed by atoms with E-state index in [2.05, 4.69) is 25.2 Å². The fraction of sp³-hybridized carbons (Fsp3) is 0.435. The van der Waals surface area contributed by atoms with Crippen LogP contribution in [0.5, 0.6) is 0 Å². The van der Waals surface area contributed by atoms with Gasteiger partial charge >= 0.3 is 0 Å². The molecule has 8 heteroatoms. The molecule has 6 nitrogen and oxygen atoms in total. The van der Waals surface area contributed by atoms with Crippen molar-refractivity contribution in [2.75, 3.05) is 11.9 Å². The van der Waals surface area contributed by atoms with E-state index in [1.165, 1.54) is 6.08 Å². The molecule has 2 aromatic rings. The maximum Gasteiger partial charge on any atom is 0.155 e. The molecule has 1 saturated heterocycles. The molecular weight excluding hydrogens is 417 g/mol. The minimum absolute atomic E-state index is 0.120. The van der Waals surface area contributed by atoms with Crippen LogP contribution >= 0.6 is 11.6 Å². The third-order valence-corrected chi connectivity index (χ3v) is 6.38. The van der Waals surface area contributed by atoms with Crippen molar-refractivity contribution in [3.8, 4) is 0 Å². The molecule has 1 saturated carbocycles. The third kappa shape index (κ3) is 4.79. The number of rotatable bonds is 7. The highest BCUT2D eigenvalue weighted by Crippen LogP contribution is 2.41. The number of halogens is 2. The molecule has 3 heterocycles. The zero-order valence-electron chi connectivity index (χ0n) is 17.7. The molecule has 31 heavy (non-hydrogen) atoms. The highest BCUT2D eigenvalue weighted by Gasteiger charge is 2.47. The zero-order chi connectivity index (χ0) is 22.0. The van der Waals surface area contributed by atoms with Crippen LogP contribution in [0.25, 0.3) is 5.57 Å². The fourth-order valence-electron chi connectivity index (χ4n) is 4.60. The third-order valence-electron chi connectivity index (χ3n) is 6.16. The molecule has 2 aromatic heterocycles. The average molecular weight is 444 g/mol. The number of nitrogens with one attached hydrogen (secondary N) is 1. The number of anilines is 1. The number of likely N-dealkylation sites (tertiary alicyclic amines) is 1. The van der Waals surface area contributed by atoms with Gasteiger partial charge in [0.05, 0.1) is 5.02 Å². The number of hydrogen-bond donors (Lipinski definition) is 2. The molecule has 0 aromatic carbocycles. The van der Waals surface area contributed by atoms with Crippen LogP contribution in [-0.4, -0.2) is 49.8 Å². The zero-order valence-corrected chi connectivity index (χ0v) is 18.4. The van der Waals surface area contributed by atoms with Crippen LogP contribution < -0.4 is 5.32 Å². The number of hydrogen-bond acceptors (Lipinski definition) is 6. The van der Waals surface area contributed by atoms with E-state index in [0.29, 0.717) is 27.9 Å². The molecule has 4 rings (SSSR count). The van der Waals surface area contributed by atoms with Gasteiger partial charge in [-0.15, -0.1) is 0 Å².